The lowest BCUT2D eigenvalue weighted by Gasteiger charge is -2.34. The number of pyridine rings is 2. The molecule has 3 aromatic rings. The highest BCUT2D eigenvalue weighted by Gasteiger charge is 2.27. The smallest absolute Gasteiger partial charge is 0.199 e. The molecular weight excluding hydrogens is 341 g/mol. The van der Waals surface area contributed by atoms with Crippen molar-refractivity contribution in [2.45, 2.75) is 44.7 Å². The largest absolute Gasteiger partial charge is 0.330 e. The fourth-order valence-electron chi connectivity index (χ4n) is 4.06. The third-order valence-electron chi connectivity index (χ3n) is 5.36. The SMILES string of the molecule is NCCCCN(Cc1cn2c(F)cccc2n1)C1CCCc2cccnc21. The number of unbranched alkanes of at least 4 members (excludes halogenated alkanes) is 1. The Morgan fingerprint density at radius 1 is 1.22 bits per heavy atom. The van der Waals surface area contributed by atoms with E-state index in [0.29, 0.717) is 18.7 Å². The number of aryl methyl sites for hydroxylation is 1. The number of fused-ring (bicyclic) bond motifs is 2. The molecule has 1 atom stereocenters. The predicted octanol–water partition coefficient (Wildman–Crippen LogP) is 3.49. The predicted molar refractivity (Wildman–Crippen MR) is 104 cm³/mol. The second-order valence-corrected chi connectivity index (χ2v) is 7.23. The van der Waals surface area contributed by atoms with E-state index in [2.05, 4.69) is 16.0 Å². The van der Waals surface area contributed by atoms with Crippen LogP contribution in [0.1, 0.15) is 48.7 Å². The number of halogens is 1. The number of nitrogens with two attached hydrogens (primary N) is 1. The summed E-state index contributed by atoms with van der Waals surface area (Å²) in [5, 5.41) is 0. The molecule has 0 saturated carbocycles. The molecule has 3 heterocycles. The second kappa shape index (κ2) is 8.15. The molecule has 5 nitrogen and oxygen atoms in total. The van der Waals surface area contributed by atoms with Crippen LogP contribution in [0.5, 0.6) is 0 Å². The molecule has 0 fully saturated rings. The van der Waals surface area contributed by atoms with Crippen LogP contribution in [-0.2, 0) is 13.0 Å². The van der Waals surface area contributed by atoms with Crippen molar-refractivity contribution in [1.29, 1.82) is 0 Å². The Morgan fingerprint density at radius 2 is 2.15 bits per heavy atom. The van der Waals surface area contributed by atoms with Gasteiger partial charge in [0.05, 0.1) is 17.4 Å². The fourth-order valence-corrected chi connectivity index (χ4v) is 4.06. The Bertz CT molecular complexity index is 906. The first kappa shape index (κ1) is 18.1. The van der Waals surface area contributed by atoms with Crippen molar-refractivity contribution >= 4 is 5.65 Å². The van der Waals surface area contributed by atoms with E-state index in [4.69, 9.17) is 10.7 Å². The van der Waals surface area contributed by atoms with Gasteiger partial charge in [0, 0.05) is 18.9 Å². The van der Waals surface area contributed by atoms with Gasteiger partial charge in [0.25, 0.3) is 0 Å². The highest BCUT2D eigenvalue weighted by molar-refractivity contribution is 5.39. The molecule has 27 heavy (non-hydrogen) atoms. The normalized spacial score (nSPS) is 16.8. The molecule has 0 amide bonds. The van der Waals surface area contributed by atoms with Gasteiger partial charge in [-0.05, 0) is 69.0 Å². The third kappa shape index (κ3) is 3.87. The van der Waals surface area contributed by atoms with Gasteiger partial charge in [-0.15, -0.1) is 0 Å². The lowest BCUT2D eigenvalue weighted by Crippen LogP contribution is -2.33. The summed E-state index contributed by atoms with van der Waals surface area (Å²) >= 11 is 0. The molecular formula is C21H26FN5. The Balaban J connectivity index is 1.62. The number of aromatic nitrogens is 3. The average molecular weight is 367 g/mol. The van der Waals surface area contributed by atoms with E-state index in [0.717, 1.165) is 44.3 Å². The van der Waals surface area contributed by atoms with Crippen LogP contribution in [0.2, 0.25) is 0 Å². The fraction of sp³-hybridized carbons (Fsp3) is 0.429. The third-order valence-corrected chi connectivity index (χ3v) is 5.36. The van der Waals surface area contributed by atoms with Gasteiger partial charge < -0.3 is 5.73 Å². The van der Waals surface area contributed by atoms with Crippen molar-refractivity contribution in [3.05, 3.63) is 65.6 Å². The van der Waals surface area contributed by atoms with Crippen molar-refractivity contribution in [3.63, 3.8) is 0 Å². The summed E-state index contributed by atoms with van der Waals surface area (Å²) in [5.74, 6) is -0.286. The van der Waals surface area contributed by atoms with Crippen LogP contribution in [-0.4, -0.2) is 32.4 Å². The molecule has 3 aromatic heterocycles. The van der Waals surface area contributed by atoms with Gasteiger partial charge in [-0.2, -0.15) is 4.39 Å². The van der Waals surface area contributed by atoms with Crippen LogP contribution in [0.15, 0.2) is 42.7 Å². The molecule has 0 saturated heterocycles. The Labute approximate surface area is 159 Å². The monoisotopic (exact) mass is 367 g/mol. The molecule has 0 radical (unpaired) electrons. The van der Waals surface area contributed by atoms with Crippen molar-refractivity contribution in [1.82, 2.24) is 19.3 Å². The first-order chi connectivity index (χ1) is 13.3. The molecule has 0 bridgehead atoms. The quantitative estimate of drug-likeness (QED) is 0.513. The van der Waals surface area contributed by atoms with E-state index < -0.39 is 0 Å². The number of imidazole rings is 1. The summed E-state index contributed by atoms with van der Waals surface area (Å²) in [5.41, 5.74) is 9.77. The molecule has 1 aliphatic rings. The Kier molecular flexibility index (Phi) is 5.45. The maximum Gasteiger partial charge on any atom is 0.199 e. The molecule has 6 heteroatoms. The van der Waals surface area contributed by atoms with Crippen molar-refractivity contribution < 1.29 is 4.39 Å². The highest BCUT2D eigenvalue weighted by atomic mass is 19.1. The summed E-state index contributed by atoms with van der Waals surface area (Å²) in [4.78, 5) is 11.8. The second-order valence-electron chi connectivity index (χ2n) is 7.23. The van der Waals surface area contributed by atoms with Gasteiger partial charge in [-0.3, -0.25) is 14.3 Å². The zero-order valence-electron chi connectivity index (χ0n) is 15.5. The van der Waals surface area contributed by atoms with Gasteiger partial charge in [-0.25, -0.2) is 4.98 Å². The van der Waals surface area contributed by atoms with Crippen LogP contribution in [0.4, 0.5) is 4.39 Å². The minimum atomic E-state index is -0.286. The average Bonchev–Trinajstić information content (AvgIpc) is 3.11. The lowest BCUT2D eigenvalue weighted by atomic mass is 9.90. The summed E-state index contributed by atoms with van der Waals surface area (Å²) in [6, 6.07) is 9.48. The van der Waals surface area contributed by atoms with Gasteiger partial charge in [0.1, 0.15) is 5.65 Å². The van der Waals surface area contributed by atoms with E-state index in [9.17, 15) is 4.39 Å². The summed E-state index contributed by atoms with van der Waals surface area (Å²) < 4.78 is 15.5. The molecule has 0 aliphatic heterocycles. The van der Waals surface area contributed by atoms with Gasteiger partial charge in [0.2, 0.25) is 0 Å². The summed E-state index contributed by atoms with van der Waals surface area (Å²) in [6.07, 6.45) is 9.08. The van der Waals surface area contributed by atoms with E-state index >= 15 is 0 Å². The van der Waals surface area contributed by atoms with Crippen molar-refractivity contribution in [2.75, 3.05) is 13.1 Å². The minimum absolute atomic E-state index is 0.280. The molecule has 2 N–H and O–H groups in total. The van der Waals surface area contributed by atoms with Gasteiger partial charge in [-0.1, -0.05) is 12.1 Å². The number of hydrogen-bond acceptors (Lipinski definition) is 4. The van der Waals surface area contributed by atoms with Crippen LogP contribution >= 0.6 is 0 Å². The molecule has 1 unspecified atom stereocenters. The van der Waals surface area contributed by atoms with E-state index in [1.807, 2.05) is 24.5 Å². The van der Waals surface area contributed by atoms with Crippen LogP contribution in [0.25, 0.3) is 5.65 Å². The van der Waals surface area contributed by atoms with E-state index in [1.165, 1.54) is 21.7 Å². The van der Waals surface area contributed by atoms with Crippen molar-refractivity contribution in [2.24, 2.45) is 5.73 Å². The molecule has 0 spiro atoms. The minimum Gasteiger partial charge on any atom is -0.330 e. The van der Waals surface area contributed by atoms with E-state index in [1.54, 1.807) is 6.07 Å². The summed E-state index contributed by atoms with van der Waals surface area (Å²) in [7, 11) is 0. The topological polar surface area (TPSA) is 59.5 Å². The number of hydrogen-bond donors (Lipinski definition) is 1. The Hall–Kier alpha value is -2.31. The van der Waals surface area contributed by atoms with Crippen LogP contribution < -0.4 is 5.73 Å². The first-order valence-corrected chi connectivity index (χ1v) is 9.76. The van der Waals surface area contributed by atoms with Crippen LogP contribution in [0, 0.1) is 5.95 Å². The standard InChI is InChI=1S/C21H26FN5/c22-19-9-4-10-20-25-17(15-27(19)20)14-26(13-2-1-11-23)18-8-3-6-16-7-5-12-24-21(16)18/h4-5,7,9-10,12,15,18H,1-3,6,8,11,13-14,23H2. The van der Waals surface area contributed by atoms with Crippen LogP contribution in [0.3, 0.4) is 0 Å². The number of nitrogens with zero attached hydrogens (tertiary/aromatic N) is 4. The molecule has 4 rings (SSSR count). The highest BCUT2D eigenvalue weighted by Crippen LogP contribution is 2.33. The van der Waals surface area contributed by atoms with Crippen molar-refractivity contribution in [3.8, 4) is 0 Å². The molecule has 142 valence electrons. The van der Waals surface area contributed by atoms with E-state index in [-0.39, 0.29) is 12.0 Å². The Morgan fingerprint density at radius 3 is 3.00 bits per heavy atom. The van der Waals surface area contributed by atoms with Gasteiger partial charge >= 0.3 is 0 Å². The summed E-state index contributed by atoms with van der Waals surface area (Å²) in [6.45, 7) is 2.33. The van der Waals surface area contributed by atoms with Gasteiger partial charge in [0.15, 0.2) is 5.95 Å². The number of rotatable bonds is 7. The molecule has 1 aliphatic carbocycles. The lowest BCUT2D eigenvalue weighted by molar-refractivity contribution is 0.161. The maximum absolute atomic E-state index is 14.0. The zero-order valence-corrected chi connectivity index (χ0v) is 15.5. The molecule has 0 aromatic carbocycles. The first-order valence-electron chi connectivity index (χ1n) is 9.76. The maximum atomic E-state index is 14.0. The zero-order chi connectivity index (χ0) is 18.6.